The van der Waals surface area contributed by atoms with Gasteiger partial charge in [0.25, 0.3) is 0 Å². The highest BCUT2D eigenvalue weighted by Crippen LogP contribution is 2.26. The zero-order valence-corrected chi connectivity index (χ0v) is 12.0. The summed E-state index contributed by atoms with van der Waals surface area (Å²) in [6.07, 6.45) is 0.548. The molecule has 1 unspecified atom stereocenters. The molecule has 1 atom stereocenters. The van der Waals surface area contributed by atoms with Crippen molar-refractivity contribution in [1.29, 1.82) is 0 Å². The molecule has 0 amide bonds. The van der Waals surface area contributed by atoms with E-state index in [1.165, 1.54) is 0 Å². The molecule has 7 nitrogen and oxygen atoms in total. The third-order valence-corrected chi connectivity index (χ3v) is 5.16. The number of hydrogen-bond donors (Lipinski definition) is 2. The van der Waals surface area contributed by atoms with Crippen LogP contribution in [0.4, 0.5) is 5.69 Å². The summed E-state index contributed by atoms with van der Waals surface area (Å²) >= 11 is 0. The normalized spacial score (nSPS) is 20.5. The molecule has 0 bridgehead atoms. The predicted octanol–water partition coefficient (Wildman–Crippen LogP) is 1.29. The Labute approximate surface area is 121 Å². The van der Waals surface area contributed by atoms with Crippen molar-refractivity contribution in [3.8, 4) is 5.75 Å². The topological polar surface area (TPSA) is 105 Å². The summed E-state index contributed by atoms with van der Waals surface area (Å²) in [6, 6.07) is 6.61. The van der Waals surface area contributed by atoms with Crippen LogP contribution in [0, 0.1) is 0 Å². The molecule has 0 radical (unpaired) electrons. The number of anilines is 1. The molecule has 3 rings (SSSR count). The minimum atomic E-state index is -2.95. The van der Waals surface area contributed by atoms with Crippen LogP contribution in [0.5, 0.6) is 5.75 Å². The molecule has 1 aliphatic rings. The van der Waals surface area contributed by atoms with Crippen molar-refractivity contribution in [3.05, 3.63) is 36.0 Å². The lowest BCUT2D eigenvalue weighted by Gasteiger charge is -2.02. The largest absolute Gasteiger partial charge is 0.508 e. The molecule has 2 heterocycles. The summed E-state index contributed by atoms with van der Waals surface area (Å²) in [5.74, 6) is 1.18. The highest BCUT2D eigenvalue weighted by Gasteiger charge is 2.32. The SMILES string of the molecule is O=S1(=O)CCC(c2noc(CNc3ccc(O)cc3)n2)C1. The van der Waals surface area contributed by atoms with Crippen LogP contribution < -0.4 is 5.32 Å². The molecule has 1 saturated heterocycles. The van der Waals surface area contributed by atoms with Crippen LogP contribution in [0.15, 0.2) is 28.8 Å². The molecule has 2 N–H and O–H groups in total. The lowest BCUT2D eigenvalue weighted by Crippen LogP contribution is -2.05. The Kier molecular flexibility index (Phi) is 3.54. The molecule has 1 fully saturated rings. The van der Waals surface area contributed by atoms with E-state index in [9.17, 15) is 13.5 Å². The molecule has 21 heavy (non-hydrogen) atoms. The lowest BCUT2D eigenvalue weighted by molar-refractivity contribution is 0.375. The highest BCUT2D eigenvalue weighted by molar-refractivity contribution is 7.91. The van der Waals surface area contributed by atoms with Crippen LogP contribution >= 0.6 is 0 Å². The molecule has 1 aromatic carbocycles. The second-order valence-corrected chi connectivity index (χ2v) is 7.28. The average Bonchev–Trinajstić information content (AvgIpc) is 3.04. The van der Waals surface area contributed by atoms with E-state index in [2.05, 4.69) is 15.5 Å². The highest BCUT2D eigenvalue weighted by atomic mass is 32.2. The third kappa shape index (κ3) is 3.33. The molecular weight excluding hydrogens is 294 g/mol. The number of sulfone groups is 1. The first-order valence-electron chi connectivity index (χ1n) is 6.58. The van der Waals surface area contributed by atoms with Gasteiger partial charge in [-0.05, 0) is 30.7 Å². The summed E-state index contributed by atoms with van der Waals surface area (Å²) in [6.45, 7) is 0.344. The predicted molar refractivity (Wildman–Crippen MR) is 75.7 cm³/mol. The van der Waals surface area contributed by atoms with Gasteiger partial charge in [-0.15, -0.1) is 0 Å². The fourth-order valence-corrected chi connectivity index (χ4v) is 4.00. The summed E-state index contributed by atoms with van der Waals surface area (Å²) < 4.78 is 28.0. The van der Waals surface area contributed by atoms with Gasteiger partial charge in [0, 0.05) is 11.6 Å². The van der Waals surface area contributed by atoms with Gasteiger partial charge in [-0.2, -0.15) is 4.98 Å². The van der Waals surface area contributed by atoms with Crippen molar-refractivity contribution >= 4 is 15.5 Å². The second kappa shape index (κ2) is 5.36. The van der Waals surface area contributed by atoms with Gasteiger partial charge in [-0.1, -0.05) is 5.16 Å². The van der Waals surface area contributed by atoms with Gasteiger partial charge in [0.05, 0.1) is 18.1 Å². The Bertz CT molecular complexity index is 724. The number of rotatable bonds is 4. The molecule has 0 spiro atoms. The van der Waals surface area contributed by atoms with Crippen LogP contribution in [0.2, 0.25) is 0 Å². The first kappa shape index (κ1) is 13.9. The molecule has 1 aromatic heterocycles. The van der Waals surface area contributed by atoms with Crippen molar-refractivity contribution in [2.45, 2.75) is 18.9 Å². The number of aromatic hydroxyl groups is 1. The van der Waals surface area contributed by atoms with Crippen LogP contribution in [-0.2, 0) is 16.4 Å². The maximum Gasteiger partial charge on any atom is 0.245 e. The van der Waals surface area contributed by atoms with E-state index < -0.39 is 9.84 Å². The molecule has 112 valence electrons. The number of nitrogens with one attached hydrogen (secondary N) is 1. The zero-order valence-electron chi connectivity index (χ0n) is 11.2. The van der Waals surface area contributed by atoms with Crippen molar-refractivity contribution in [2.24, 2.45) is 0 Å². The second-order valence-electron chi connectivity index (χ2n) is 5.05. The number of hydrogen-bond acceptors (Lipinski definition) is 7. The zero-order chi connectivity index (χ0) is 14.9. The maximum atomic E-state index is 11.4. The molecule has 2 aromatic rings. The Hall–Kier alpha value is -2.09. The van der Waals surface area contributed by atoms with Crippen LogP contribution in [0.25, 0.3) is 0 Å². The standard InChI is InChI=1S/C13H15N3O4S/c17-11-3-1-10(2-4-11)14-7-12-15-13(16-20-12)9-5-6-21(18,19)8-9/h1-4,9,14,17H,5-8H2. The van der Waals surface area contributed by atoms with Gasteiger partial charge >= 0.3 is 0 Å². The Balaban J connectivity index is 1.62. The molecule has 8 heteroatoms. The van der Waals surface area contributed by atoms with Crippen LogP contribution in [-0.4, -0.2) is 35.2 Å². The number of phenolic OH excluding ortho intramolecular Hbond substituents is 1. The van der Waals surface area contributed by atoms with Gasteiger partial charge in [-0.3, -0.25) is 0 Å². The van der Waals surface area contributed by atoms with Gasteiger partial charge in [0.15, 0.2) is 15.7 Å². The number of phenols is 1. The summed E-state index contributed by atoms with van der Waals surface area (Å²) in [4.78, 5) is 4.24. The fraction of sp³-hybridized carbons (Fsp3) is 0.385. The van der Waals surface area contributed by atoms with Crippen molar-refractivity contribution < 1.29 is 18.0 Å². The Morgan fingerprint density at radius 2 is 2.10 bits per heavy atom. The van der Waals surface area contributed by atoms with Crippen molar-refractivity contribution in [1.82, 2.24) is 10.1 Å². The monoisotopic (exact) mass is 309 g/mol. The lowest BCUT2D eigenvalue weighted by atomic mass is 10.1. The van der Waals surface area contributed by atoms with E-state index in [1.807, 2.05) is 0 Å². The maximum absolute atomic E-state index is 11.4. The van der Waals surface area contributed by atoms with E-state index in [-0.39, 0.29) is 23.2 Å². The van der Waals surface area contributed by atoms with Gasteiger partial charge in [-0.25, -0.2) is 8.42 Å². The van der Waals surface area contributed by atoms with Gasteiger partial charge < -0.3 is 14.9 Å². The molecular formula is C13H15N3O4S. The molecule has 0 aliphatic carbocycles. The molecule has 0 saturated carbocycles. The Morgan fingerprint density at radius 1 is 1.33 bits per heavy atom. The van der Waals surface area contributed by atoms with E-state index >= 15 is 0 Å². The quantitative estimate of drug-likeness (QED) is 0.820. The summed E-state index contributed by atoms with van der Waals surface area (Å²) in [7, 11) is -2.95. The Morgan fingerprint density at radius 3 is 2.76 bits per heavy atom. The van der Waals surface area contributed by atoms with E-state index in [0.717, 1.165) is 5.69 Å². The van der Waals surface area contributed by atoms with E-state index in [4.69, 9.17) is 4.52 Å². The van der Waals surface area contributed by atoms with E-state index in [0.29, 0.717) is 24.7 Å². The number of nitrogens with zero attached hydrogens (tertiary/aromatic N) is 2. The average molecular weight is 309 g/mol. The van der Waals surface area contributed by atoms with Crippen molar-refractivity contribution in [3.63, 3.8) is 0 Å². The van der Waals surface area contributed by atoms with Gasteiger partial charge in [0.1, 0.15) is 5.75 Å². The minimum absolute atomic E-state index is 0.0946. The van der Waals surface area contributed by atoms with Gasteiger partial charge in [0.2, 0.25) is 5.89 Å². The van der Waals surface area contributed by atoms with E-state index in [1.54, 1.807) is 24.3 Å². The smallest absolute Gasteiger partial charge is 0.245 e. The minimum Gasteiger partial charge on any atom is -0.508 e. The first-order valence-corrected chi connectivity index (χ1v) is 8.40. The van der Waals surface area contributed by atoms with Crippen LogP contribution in [0.1, 0.15) is 24.1 Å². The molecule has 1 aliphatic heterocycles. The van der Waals surface area contributed by atoms with Crippen LogP contribution in [0.3, 0.4) is 0 Å². The number of benzene rings is 1. The van der Waals surface area contributed by atoms with Crippen molar-refractivity contribution in [2.75, 3.05) is 16.8 Å². The number of aromatic nitrogens is 2. The fourth-order valence-electron chi connectivity index (χ4n) is 2.26. The summed E-state index contributed by atoms with van der Waals surface area (Å²) in [5.41, 5.74) is 0.816. The summed E-state index contributed by atoms with van der Waals surface area (Å²) in [5, 5.41) is 16.1. The first-order chi connectivity index (χ1) is 10.0. The third-order valence-electron chi connectivity index (χ3n) is 3.39.